The average Bonchev–Trinajstić information content (AvgIpc) is 2.73. The molecule has 2 N–H and O–H groups in total. The number of aliphatic carboxylic acids is 1. The van der Waals surface area contributed by atoms with Gasteiger partial charge in [0, 0.05) is 6.20 Å². The van der Waals surface area contributed by atoms with Crippen LogP contribution < -0.4 is 5.32 Å². The summed E-state index contributed by atoms with van der Waals surface area (Å²) in [5, 5.41) is 21.2. The number of carbonyl (C=O) groups is 1. The molecule has 1 saturated heterocycles. The molecule has 2 heterocycles. The quantitative estimate of drug-likeness (QED) is 0.822. The molecular formula is C12H13N3O3. The third-order valence-corrected chi connectivity index (χ3v) is 3.18. The van der Waals surface area contributed by atoms with Gasteiger partial charge in [-0.2, -0.15) is 5.26 Å². The van der Waals surface area contributed by atoms with Crippen molar-refractivity contribution in [3.8, 4) is 6.07 Å². The van der Waals surface area contributed by atoms with Gasteiger partial charge >= 0.3 is 5.97 Å². The Morgan fingerprint density at radius 3 is 3.22 bits per heavy atom. The van der Waals surface area contributed by atoms with E-state index in [1.165, 1.54) is 0 Å². The van der Waals surface area contributed by atoms with Gasteiger partial charge in [-0.05, 0) is 19.1 Å². The van der Waals surface area contributed by atoms with Crippen molar-refractivity contribution in [3.05, 3.63) is 23.9 Å². The Labute approximate surface area is 104 Å². The minimum atomic E-state index is -1.01. The van der Waals surface area contributed by atoms with Gasteiger partial charge in [0.15, 0.2) is 0 Å². The first-order valence-electron chi connectivity index (χ1n) is 5.50. The Bertz CT molecular complexity index is 512. The normalized spacial score (nSPS) is 26.6. The number of hydrogen-bond acceptors (Lipinski definition) is 5. The summed E-state index contributed by atoms with van der Waals surface area (Å²) in [4.78, 5) is 15.3. The number of aromatic nitrogens is 1. The molecule has 18 heavy (non-hydrogen) atoms. The molecule has 6 nitrogen and oxygen atoms in total. The SMILES string of the molecule is CC1(C(=O)O)COCC1Nc1ncccc1C#N. The molecule has 94 valence electrons. The summed E-state index contributed by atoms with van der Waals surface area (Å²) in [5.74, 6) is -0.532. The van der Waals surface area contributed by atoms with Crippen LogP contribution in [-0.4, -0.2) is 35.3 Å². The number of ether oxygens (including phenoxy) is 1. The van der Waals surface area contributed by atoms with Crippen LogP contribution in [-0.2, 0) is 9.53 Å². The number of nitrogens with one attached hydrogen (secondary N) is 1. The maximum absolute atomic E-state index is 11.3. The molecule has 1 fully saturated rings. The highest BCUT2D eigenvalue weighted by atomic mass is 16.5. The Morgan fingerprint density at radius 1 is 1.78 bits per heavy atom. The molecular weight excluding hydrogens is 234 g/mol. The zero-order chi connectivity index (χ0) is 13.2. The Kier molecular flexibility index (Phi) is 3.17. The van der Waals surface area contributed by atoms with Gasteiger partial charge in [-0.3, -0.25) is 4.79 Å². The van der Waals surface area contributed by atoms with Gasteiger partial charge in [0.1, 0.15) is 17.3 Å². The van der Waals surface area contributed by atoms with Gasteiger partial charge in [-0.25, -0.2) is 4.98 Å². The molecule has 1 aromatic rings. The molecule has 0 spiro atoms. The fourth-order valence-corrected chi connectivity index (χ4v) is 1.86. The number of carboxylic acid groups (broad SMARTS) is 1. The third kappa shape index (κ3) is 2.00. The number of hydrogen-bond donors (Lipinski definition) is 2. The molecule has 0 amide bonds. The van der Waals surface area contributed by atoms with Crippen molar-refractivity contribution in [1.29, 1.82) is 5.26 Å². The molecule has 0 aromatic carbocycles. The van der Waals surface area contributed by atoms with Crippen LogP contribution in [0.2, 0.25) is 0 Å². The van der Waals surface area contributed by atoms with Gasteiger partial charge in [-0.1, -0.05) is 0 Å². The first-order valence-corrected chi connectivity index (χ1v) is 5.50. The van der Waals surface area contributed by atoms with Crippen LogP contribution in [0.15, 0.2) is 18.3 Å². The minimum absolute atomic E-state index is 0.148. The Hall–Kier alpha value is -2.13. The summed E-state index contributed by atoms with van der Waals surface area (Å²) in [6, 6.07) is 4.89. The van der Waals surface area contributed by atoms with Crippen LogP contribution in [0.3, 0.4) is 0 Å². The molecule has 1 aliphatic rings. The molecule has 1 aromatic heterocycles. The van der Waals surface area contributed by atoms with Crippen molar-refractivity contribution < 1.29 is 14.6 Å². The zero-order valence-corrected chi connectivity index (χ0v) is 9.88. The number of nitriles is 1. The minimum Gasteiger partial charge on any atom is -0.481 e. The fraction of sp³-hybridized carbons (Fsp3) is 0.417. The van der Waals surface area contributed by atoms with E-state index in [1.807, 2.05) is 6.07 Å². The lowest BCUT2D eigenvalue weighted by molar-refractivity contribution is -0.148. The number of pyridine rings is 1. The summed E-state index contributed by atoms with van der Waals surface area (Å²) < 4.78 is 5.23. The van der Waals surface area contributed by atoms with Gasteiger partial charge < -0.3 is 15.2 Å². The molecule has 0 aliphatic carbocycles. The standard InChI is InChI=1S/C12H13N3O3/c1-12(11(16)17)7-18-6-9(12)15-10-8(5-13)3-2-4-14-10/h2-4,9H,6-7H2,1H3,(H,14,15)(H,16,17). The van der Waals surface area contributed by atoms with Crippen LogP contribution in [0.1, 0.15) is 12.5 Å². The molecule has 0 radical (unpaired) electrons. The van der Waals surface area contributed by atoms with Crippen LogP contribution in [0, 0.1) is 16.7 Å². The predicted molar refractivity (Wildman–Crippen MR) is 62.9 cm³/mol. The number of anilines is 1. The van der Waals surface area contributed by atoms with E-state index in [1.54, 1.807) is 25.3 Å². The molecule has 0 bridgehead atoms. The summed E-state index contributed by atoms with van der Waals surface area (Å²) >= 11 is 0. The second-order valence-electron chi connectivity index (χ2n) is 4.45. The second kappa shape index (κ2) is 4.63. The van der Waals surface area contributed by atoms with Crippen LogP contribution in [0.4, 0.5) is 5.82 Å². The Morgan fingerprint density at radius 2 is 2.56 bits per heavy atom. The highest BCUT2D eigenvalue weighted by Crippen LogP contribution is 2.31. The van der Waals surface area contributed by atoms with Gasteiger partial charge in [-0.15, -0.1) is 0 Å². The van der Waals surface area contributed by atoms with Gasteiger partial charge in [0.25, 0.3) is 0 Å². The van der Waals surface area contributed by atoms with E-state index in [-0.39, 0.29) is 13.2 Å². The summed E-state index contributed by atoms with van der Waals surface area (Å²) in [6.45, 7) is 2.05. The van der Waals surface area contributed by atoms with Crippen molar-refractivity contribution in [2.24, 2.45) is 5.41 Å². The van der Waals surface area contributed by atoms with E-state index in [4.69, 9.17) is 10.00 Å². The van der Waals surface area contributed by atoms with E-state index >= 15 is 0 Å². The van der Waals surface area contributed by atoms with Crippen LogP contribution >= 0.6 is 0 Å². The van der Waals surface area contributed by atoms with Crippen molar-refractivity contribution in [2.75, 3.05) is 18.5 Å². The largest absolute Gasteiger partial charge is 0.481 e. The highest BCUT2D eigenvalue weighted by Gasteiger charge is 2.47. The topological polar surface area (TPSA) is 95.2 Å². The van der Waals surface area contributed by atoms with Crippen molar-refractivity contribution >= 4 is 11.8 Å². The fourth-order valence-electron chi connectivity index (χ4n) is 1.86. The van der Waals surface area contributed by atoms with E-state index in [2.05, 4.69) is 10.3 Å². The van der Waals surface area contributed by atoms with Crippen LogP contribution in [0.5, 0.6) is 0 Å². The Balaban J connectivity index is 2.24. The lowest BCUT2D eigenvalue weighted by Crippen LogP contribution is -2.43. The number of nitrogens with zero attached hydrogens (tertiary/aromatic N) is 2. The number of carboxylic acids is 1. The lowest BCUT2D eigenvalue weighted by atomic mass is 9.85. The molecule has 6 heteroatoms. The molecule has 0 saturated carbocycles. The predicted octanol–water partition coefficient (Wildman–Crippen LogP) is 0.855. The first kappa shape index (κ1) is 12.3. The number of rotatable bonds is 3. The monoisotopic (exact) mass is 247 g/mol. The summed E-state index contributed by atoms with van der Waals surface area (Å²) in [5.41, 5.74) is -0.623. The second-order valence-corrected chi connectivity index (χ2v) is 4.45. The highest BCUT2D eigenvalue weighted by molar-refractivity contribution is 5.76. The third-order valence-electron chi connectivity index (χ3n) is 3.18. The smallest absolute Gasteiger partial charge is 0.313 e. The van der Waals surface area contributed by atoms with Crippen LogP contribution in [0.25, 0.3) is 0 Å². The summed E-state index contributed by atoms with van der Waals surface area (Å²) in [6.07, 6.45) is 1.55. The van der Waals surface area contributed by atoms with Crippen molar-refractivity contribution in [1.82, 2.24) is 4.98 Å². The average molecular weight is 247 g/mol. The van der Waals surface area contributed by atoms with Gasteiger partial charge in [0.2, 0.25) is 0 Å². The van der Waals surface area contributed by atoms with Crippen molar-refractivity contribution in [3.63, 3.8) is 0 Å². The van der Waals surface area contributed by atoms with E-state index in [9.17, 15) is 9.90 Å². The maximum Gasteiger partial charge on any atom is 0.313 e. The molecule has 2 unspecified atom stereocenters. The zero-order valence-electron chi connectivity index (χ0n) is 9.88. The molecule has 1 aliphatic heterocycles. The van der Waals surface area contributed by atoms with Gasteiger partial charge in [0.05, 0.1) is 24.8 Å². The summed E-state index contributed by atoms with van der Waals surface area (Å²) in [7, 11) is 0. The first-order chi connectivity index (χ1) is 8.58. The van der Waals surface area contributed by atoms with E-state index in [0.717, 1.165) is 0 Å². The van der Waals surface area contributed by atoms with E-state index in [0.29, 0.717) is 11.4 Å². The molecule has 2 rings (SSSR count). The maximum atomic E-state index is 11.3. The van der Waals surface area contributed by atoms with E-state index < -0.39 is 17.4 Å². The van der Waals surface area contributed by atoms with Crippen molar-refractivity contribution in [2.45, 2.75) is 13.0 Å². The lowest BCUT2D eigenvalue weighted by Gasteiger charge is -2.26. The molecule has 2 atom stereocenters.